The Balaban J connectivity index is 0. The third-order valence-corrected chi connectivity index (χ3v) is 0.827. The molecule has 0 aromatic heterocycles. The fourth-order valence-corrected chi connectivity index (χ4v) is 0.309. The Kier molecular flexibility index (Phi) is 3.19. The van der Waals surface area contributed by atoms with Crippen molar-refractivity contribution in [1.82, 2.24) is 10.2 Å². The van der Waals surface area contributed by atoms with Crippen LogP contribution in [-0.4, -0.2) is 38.5 Å². The summed E-state index contributed by atoms with van der Waals surface area (Å²) in [5.74, 6) is 0.104. The summed E-state index contributed by atoms with van der Waals surface area (Å²) in [6.45, 7) is 0.424. The maximum absolute atomic E-state index is 10.6. The van der Waals surface area contributed by atoms with E-state index in [1.165, 1.54) is 0 Å². The van der Waals surface area contributed by atoms with E-state index in [-0.39, 0.29) is 7.33 Å². The molecule has 0 aromatic carbocycles. The fourth-order valence-electron chi connectivity index (χ4n) is 0.309. The zero-order chi connectivity index (χ0) is 6.57. The van der Waals surface area contributed by atoms with E-state index < -0.39 is 0 Å². The minimum atomic E-state index is 0. The van der Waals surface area contributed by atoms with Gasteiger partial charge in [0.15, 0.2) is 0 Å². The molecule has 0 heterocycles. The lowest BCUT2D eigenvalue weighted by Gasteiger charge is -2.07. The second kappa shape index (κ2) is 3.43. The molecule has 0 aliphatic rings. The Morgan fingerprint density at radius 3 is 2.38 bits per heavy atom. The molecule has 0 atom stereocenters. The van der Waals surface area contributed by atoms with E-state index >= 15 is 0 Å². The molecule has 0 spiro atoms. The van der Waals surface area contributed by atoms with Gasteiger partial charge < -0.3 is 10.2 Å². The fraction of sp³-hybridized carbons (Fsp3) is 0.800. The monoisotopic (exact) mass is 118 g/mol. The topological polar surface area (TPSA) is 32.3 Å². The van der Waals surface area contributed by atoms with E-state index in [4.69, 9.17) is 0 Å². The first kappa shape index (κ1) is 7.43. The Hall–Kier alpha value is -0.570. The SMILES string of the molecule is CNCC(=O)N(C)C.[HH]. The van der Waals surface area contributed by atoms with Crippen LogP contribution in [0.25, 0.3) is 0 Å². The molecule has 3 nitrogen and oxygen atoms in total. The van der Waals surface area contributed by atoms with Crippen molar-refractivity contribution >= 4 is 5.91 Å². The minimum absolute atomic E-state index is 0. The zero-order valence-corrected chi connectivity index (χ0v) is 5.56. The lowest BCUT2D eigenvalue weighted by atomic mass is 10.5. The summed E-state index contributed by atoms with van der Waals surface area (Å²) in [5.41, 5.74) is 0. The predicted octanol–water partition coefficient (Wildman–Crippen LogP) is -0.460. The average molecular weight is 118 g/mol. The molecule has 0 rings (SSSR count). The van der Waals surface area contributed by atoms with E-state index in [1.54, 1.807) is 26.0 Å². The van der Waals surface area contributed by atoms with Crippen LogP contribution in [-0.2, 0) is 4.79 Å². The first-order valence-corrected chi connectivity index (χ1v) is 2.53. The maximum atomic E-state index is 10.6. The first-order chi connectivity index (χ1) is 3.68. The van der Waals surface area contributed by atoms with Crippen molar-refractivity contribution in [3.05, 3.63) is 0 Å². The summed E-state index contributed by atoms with van der Waals surface area (Å²) in [7, 11) is 5.22. The molecule has 0 saturated heterocycles. The van der Waals surface area contributed by atoms with Gasteiger partial charge in [0.25, 0.3) is 0 Å². The van der Waals surface area contributed by atoms with Gasteiger partial charge in [-0.15, -0.1) is 0 Å². The highest BCUT2D eigenvalue weighted by Gasteiger charge is 1.98. The average Bonchev–Trinajstić information content (AvgIpc) is 1.67. The van der Waals surface area contributed by atoms with E-state index in [2.05, 4.69) is 5.32 Å². The molecule has 50 valence electrons. The van der Waals surface area contributed by atoms with Crippen LogP contribution in [0.1, 0.15) is 1.43 Å². The quantitative estimate of drug-likeness (QED) is 0.532. The molecule has 0 radical (unpaired) electrons. The molecular weight excluding hydrogens is 104 g/mol. The molecular formula is C5H14N2O. The number of hydrogen-bond donors (Lipinski definition) is 1. The van der Waals surface area contributed by atoms with Crippen LogP contribution in [0, 0.1) is 0 Å². The molecule has 0 unspecified atom stereocenters. The van der Waals surface area contributed by atoms with Crippen molar-refractivity contribution in [2.24, 2.45) is 0 Å². The summed E-state index contributed by atoms with van der Waals surface area (Å²) < 4.78 is 0. The number of hydrogen-bond acceptors (Lipinski definition) is 2. The van der Waals surface area contributed by atoms with Gasteiger partial charge in [-0.25, -0.2) is 0 Å². The highest BCUT2D eigenvalue weighted by atomic mass is 16.2. The second-order valence-electron chi connectivity index (χ2n) is 1.82. The third-order valence-electron chi connectivity index (χ3n) is 0.827. The van der Waals surface area contributed by atoms with Crippen molar-refractivity contribution in [3.63, 3.8) is 0 Å². The van der Waals surface area contributed by atoms with Gasteiger partial charge in [0.2, 0.25) is 5.91 Å². The zero-order valence-electron chi connectivity index (χ0n) is 5.56. The van der Waals surface area contributed by atoms with Crippen molar-refractivity contribution in [2.45, 2.75) is 0 Å². The lowest BCUT2D eigenvalue weighted by Crippen LogP contribution is -2.30. The molecule has 1 amide bonds. The molecule has 0 bridgehead atoms. The standard InChI is InChI=1S/C5H12N2O.H2/c1-6-4-5(8)7(2)3;/h6H,4H2,1-3H3;1H. The molecule has 0 aromatic rings. The number of likely N-dealkylation sites (N-methyl/N-ethyl adjacent to an activating group) is 2. The molecule has 0 saturated carbocycles. The number of carbonyl (C=O) groups excluding carboxylic acids is 1. The summed E-state index contributed by atoms with van der Waals surface area (Å²) in [5, 5.41) is 2.76. The lowest BCUT2D eigenvalue weighted by molar-refractivity contribution is -0.127. The normalized spacial score (nSPS) is 8.88. The molecule has 0 fully saturated rings. The highest BCUT2D eigenvalue weighted by molar-refractivity contribution is 5.77. The van der Waals surface area contributed by atoms with Gasteiger partial charge in [-0.3, -0.25) is 4.79 Å². The Morgan fingerprint density at radius 2 is 2.25 bits per heavy atom. The van der Waals surface area contributed by atoms with Gasteiger partial charge in [-0.1, -0.05) is 0 Å². The van der Waals surface area contributed by atoms with Crippen LogP contribution < -0.4 is 5.32 Å². The molecule has 0 aliphatic carbocycles. The van der Waals surface area contributed by atoms with Gasteiger partial charge >= 0.3 is 0 Å². The van der Waals surface area contributed by atoms with Crippen molar-refractivity contribution in [3.8, 4) is 0 Å². The van der Waals surface area contributed by atoms with Crippen LogP contribution in [0.4, 0.5) is 0 Å². The number of carbonyl (C=O) groups is 1. The Labute approximate surface area is 51.2 Å². The first-order valence-electron chi connectivity index (χ1n) is 2.53. The predicted molar refractivity (Wildman–Crippen MR) is 34.7 cm³/mol. The van der Waals surface area contributed by atoms with Crippen LogP contribution in [0.5, 0.6) is 0 Å². The Bertz CT molecular complexity index is 85.0. The molecule has 8 heavy (non-hydrogen) atoms. The van der Waals surface area contributed by atoms with Gasteiger partial charge in [0.1, 0.15) is 0 Å². The minimum Gasteiger partial charge on any atom is -0.348 e. The van der Waals surface area contributed by atoms with Gasteiger partial charge in [-0.05, 0) is 7.05 Å². The highest BCUT2D eigenvalue weighted by Crippen LogP contribution is 1.72. The number of amides is 1. The van der Waals surface area contributed by atoms with Crippen LogP contribution in [0.2, 0.25) is 0 Å². The molecule has 1 N–H and O–H groups in total. The largest absolute Gasteiger partial charge is 0.348 e. The number of rotatable bonds is 2. The van der Waals surface area contributed by atoms with Gasteiger partial charge in [-0.2, -0.15) is 0 Å². The van der Waals surface area contributed by atoms with Crippen LogP contribution in [0.3, 0.4) is 0 Å². The number of nitrogens with zero attached hydrogens (tertiary/aromatic N) is 1. The van der Waals surface area contributed by atoms with Crippen molar-refractivity contribution in [1.29, 1.82) is 0 Å². The van der Waals surface area contributed by atoms with Crippen molar-refractivity contribution in [2.75, 3.05) is 27.7 Å². The summed E-state index contributed by atoms with van der Waals surface area (Å²) in [6, 6.07) is 0. The maximum Gasteiger partial charge on any atom is 0.235 e. The van der Waals surface area contributed by atoms with Crippen LogP contribution in [0.15, 0.2) is 0 Å². The summed E-state index contributed by atoms with van der Waals surface area (Å²) >= 11 is 0. The van der Waals surface area contributed by atoms with E-state index in [9.17, 15) is 4.79 Å². The molecule has 0 aliphatic heterocycles. The van der Waals surface area contributed by atoms with E-state index in [1.807, 2.05) is 0 Å². The smallest absolute Gasteiger partial charge is 0.235 e. The third kappa shape index (κ3) is 2.58. The van der Waals surface area contributed by atoms with Gasteiger partial charge in [0, 0.05) is 15.5 Å². The van der Waals surface area contributed by atoms with E-state index in [0.717, 1.165) is 0 Å². The van der Waals surface area contributed by atoms with Crippen LogP contribution >= 0.6 is 0 Å². The van der Waals surface area contributed by atoms with E-state index in [0.29, 0.717) is 6.54 Å². The second-order valence-corrected chi connectivity index (χ2v) is 1.82. The molecule has 3 heteroatoms. The summed E-state index contributed by atoms with van der Waals surface area (Å²) in [4.78, 5) is 12.2. The van der Waals surface area contributed by atoms with Gasteiger partial charge in [0.05, 0.1) is 6.54 Å². The summed E-state index contributed by atoms with van der Waals surface area (Å²) in [6.07, 6.45) is 0. The Morgan fingerprint density at radius 1 is 1.75 bits per heavy atom. The number of nitrogens with one attached hydrogen (secondary N) is 1. The van der Waals surface area contributed by atoms with Crippen molar-refractivity contribution < 1.29 is 6.22 Å².